The van der Waals surface area contributed by atoms with Crippen molar-refractivity contribution in [2.24, 2.45) is 33.8 Å². The van der Waals surface area contributed by atoms with Gasteiger partial charge in [-0.3, -0.25) is 29.0 Å². The molecular formula is C42H57N9O6. The first-order chi connectivity index (χ1) is 27.5. The van der Waals surface area contributed by atoms with Crippen LogP contribution in [0, 0.1) is 5.92 Å². The molecule has 0 bridgehead atoms. The van der Waals surface area contributed by atoms with Gasteiger partial charge in [0, 0.05) is 12.1 Å². The third kappa shape index (κ3) is 14.6. The number of amides is 5. The Morgan fingerprint density at radius 2 is 1.30 bits per heavy atom. The SMILES string of the molecule is NCCCC[C@H](NC(=O)[C@H](CCCN=C(N)N)NC(=O)c1ccccc1)C(=O)N[C@@H](C(=O)N[C@H](C(N)=O)C1CCCCC1)c1ccc(OCc2ccccc2)cc1. The lowest BCUT2D eigenvalue weighted by Gasteiger charge is -2.31. The van der Waals surface area contributed by atoms with Crippen LogP contribution in [0.4, 0.5) is 0 Å². The highest BCUT2D eigenvalue weighted by Gasteiger charge is 2.34. The topological polar surface area (TPSA) is 259 Å². The standard InChI is InChI=1S/C42H57N9O6/c43-25-11-10-19-33(49-39(54)34(20-12-26-47-42(45)46)48-38(53)31-17-8-3-9-18-31)40(55)51-36(41(56)50-35(37(44)52)29-15-6-2-7-16-29)30-21-23-32(24-22-30)57-27-28-13-4-1-5-14-28/h1,3-5,8-9,13-14,17-18,21-24,29,33-36H,2,6-7,10-12,15-16,19-20,25-27,43H2,(H2,44,52)(H,48,53)(H,49,54)(H,50,56)(H,51,55)(H4,45,46,47)/t33-,34-,35-,36+/m0/s1. The monoisotopic (exact) mass is 783 g/mol. The fourth-order valence-electron chi connectivity index (χ4n) is 6.80. The fraction of sp³-hybridized carbons (Fsp3) is 0.429. The van der Waals surface area contributed by atoms with Crippen LogP contribution in [-0.4, -0.2) is 66.7 Å². The number of unbranched alkanes of at least 4 members (excludes halogenated alkanes) is 1. The van der Waals surface area contributed by atoms with Crippen molar-refractivity contribution >= 4 is 35.5 Å². The van der Waals surface area contributed by atoms with Gasteiger partial charge < -0.3 is 48.9 Å². The Hall–Kier alpha value is -5.96. The third-order valence-corrected chi connectivity index (χ3v) is 9.92. The Morgan fingerprint density at radius 1 is 0.684 bits per heavy atom. The molecule has 15 heteroatoms. The van der Waals surface area contributed by atoms with Crippen LogP contribution in [0.15, 0.2) is 89.9 Å². The Bertz CT molecular complexity index is 1770. The average molecular weight is 784 g/mol. The maximum absolute atomic E-state index is 14.2. The van der Waals surface area contributed by atoms with Gasteiger partial charge in [0.05, 0.1) is 0 Å². The second-order valence-electron chi connectivity index (χ2n) is 14.3. The Kier molecular flexibility index (Phi) is 17.8. The molecule has 3 aromatic carbocycles. The number of nitrogens with one attached hydrogen (secondary N) is 4. The molecular weight excluding hydrogens is 727 g/mol. The molecule has 57 heavy (non-hydrogen) atoms. The van der Waals surface area contributed by atoms with Crippen molar-refractivity contribution in [2.45, 2.75) is 95.0 Å². The number of ether oxygens (including phenoxy) is 1. The summed E-state index contributed by atoms with van der Waals surface area (Å²) in [6.45, 7) is 0.907. The summed E-state index contributed by atoms with van der Waals surface area (Å²) in [4.78, 5) is 72.1. The smallest absolute Gasteiger partial charge is 0.251 e. The van der Waals surface area contributed by atoms with Gasteiger partial charge in [-0.05, 0) is 92.8 Å². The van der Waals surface area contributed by atoms with E-state index < -0.39 is 53.7 Å². The van der Waals surface area contributed by atoms with Crippen molar-refractivity contribution in [1.29, 1.82) is 0 Å². The lowest BCUT2D eigenvalue weighted by Crippen LogP contribution is -2.56. The minimum atomic E-state index is -1.27. The Morgan fingerprint density at radius 3 is 1.93 bits per heavy atom. The van der Waals surface area contributed by atoms with Crippen molar-refractivity contribution in [3.8, 4) is 5.75 Å². The van der Waals surface area contributed by atoms with E-state index in [4.69, 9.17) is 27.7 Å². The number of rotatable bonds is 22. The number of hydrogen-bond acceptors (Lipinski definition) is 8. The number of carbonyl (C=O) groups excluding carboxylic acids is 5. The van der Waals surface area contributed by atoms with Gasteiger partial charge in [0.25, 0.3) is 5.91 Å². The van der Waals surface area contributed by atoms with Crippen LogP contribution in [-0.2, 0) is 25.8 Å². The second kappa shape index (κ2) is 23.2. The summed E-state index contributed by atoms with van der Waals surface area (Å²) in [5.74, 6) is -2.71. The summed E-state index contributed by atoms with van der Waals surface area (Å²) in [7, 11) is 0. The molecule has 0 radical (unpaired) electrons. The van der Waals surface area contributed by atoms with Crippen molar-refractivity contribution in [2.75, 3.05) is 13.1 Å². The number of guanidine groups is 1. The van der Waals surface area contributed by atoms with Gasteiger partial charge in [-0.25, -0.2) is 0 Å². The van der Waals surface area contributed by atoms with Crippen molar-refractivity contribution in [3.05, 3.63) is 102 Å². The van der Waals surface area contributed by atoms with E-state index >= 15 is 0 Å². The molecule has 15 nitrogen and oxygen atoms in total. The summed E-state index contributed by atoms with van der Waals surface area (Å²) in [5, 5.41) is 11.3. The molecule has 0 spiro atoms. The number of nitrogens with two attached hydrogens (primary N) is 4. The maximum Gasteiger partial charge on any atom is 0.251 e. The average Bonchev–Trinajstić information content (AvgIpc) is 3.22. The zero-order valence-electron chi connectivity index (χ0n) is 32.4. The van der Waals surface area contributed by atoms with E-state index in [1.165, 1.54) is 0 Å². The number of hydrogen-bond donors (Lipinski definition) is 8. The molecule has 1 aliphatic rings. The summed E-state index contributed by atoms with van der Waals surface area (Å²) in [5.41, 5.74) is 24.3. The lowest BCUT2D eigenvalue weighted by molar-refractivity contribution is -0.134. The minimum absolute atomic E-state index is 0.102. The predicted octanol–water partition coefficient (Wildman–Crippen LogP) is 2.44. The predicted molar refractivity (Wildman–Crippen MR) is 218 cm³/mol. The Labute approximate surface area is 334 Å². The van der Waals surface area contributed by atoms with E-state index in [1.807, 2.05) is 30.3 Å². The summed E-state index contributed by atoms with van der Waals surface area (Å²) < 4.78 is 5.95. The molecule has 0 unspecified atom stereocenters. The zero-order chi connectivity index (χ0) is 41.0. The fourth-order valence-corrected chi connectivity index (χ4v) is 6.80. The van der Waals surface area contributed by atoms with E-state index in [2.05, 4.69) is 26.3 Å². The van der Waals surface area contributed by atoms with Gasteiger partial charge in [0.1, 0.15) is 36.5 Å². The van der Waals surface area contributed by atoms with Crippen LogP contribution in [0.1, 0.15) is 91.7 Å². The number of primary amides is 1. The first-order valence-corrected chi connectivity index (χ1v) is 19.6. The van der Waals surface area contributed by atoms with Crippen molar-refractivity contribution in [1.82, 2.24) is 21.3 Å². The van der Waals surface area contributed by atoms with Crippen LogP contribution >= 0.6 is 0 Å². The molecule has 3 aromatic rings. The van der Waals surface area contributed by atoms with Crippen molar-refractivity contribution in [3.63, 3.8) is 0 Å². The summed E-state index contributed by atoms with van der Waals surface area (Å²) >= 11 is 0. The van der Waals surface area contributed by atoms with Crippen LogP contribution in [0.25, 0.3) is 0 Å². The molecule has 1 saturated carbocycles. The molecule has 5 amide bonds. The molecule has 4 rings (SSSR count). The third-order valence-electron chi connectivity index (χ3n) is 9.92. The van der Waals surface area contributed by atoms with Gasteiger partial charge in [-0.15, -0.1) is 0 Å². The highest BCUT2D eigenvalue weighted by atomic mass is 16.5. The number of aliphatic imine (C=N–C) groups is 1. The highest BCUT2D eigenvalue weighted by molar-refractivity contribution is 5.99. The van der Waals surface area contributed by atoms with Gasteiger partial charge in [-0.2, -0.15) is 0 Å². The lowest BCUT2D eigenvalue weighted by atomic mass is 9.83. The normalized spacial score (nSPS) is 14.8. The molecule has 0 aliphatic heterocycles. The molecule has 0 saturated heterocycles. The van der Waals surface area contributed by atoms with Gasteiger partial charge in [0.2, 0.25) is 23.6 Å². The van der Waals surface area contributed by atoms with Gasteiger partial charge in [-0.1, -0.05) is 79.9 Å². The van der Waals surface area contributed by atoms with E-state index in [0.717, 1.165) is 37.7 Å². The molecule has 12 N–H and O–H groups in total. The summed E-state index contributed by atoms with van der Waals surface area (Å²) in [6, 6.07) is 20.4. The largest absolute Gasteiger partial charge is 0.489 e. The molecule has 0 heterocycles. The molecule has 0 aromatic heterocycles. The molecule has 1 fully saturated rings. The Balaban J connectivity index is 1.58. The van der Waals surface area contributed by atoms with E-state index in [1.54, 1.807) is 54.6 Å². The van der Waals surface area contributed by atoms with Crippen LogP contribution < -0.4 is 48.9 Å². The molecule has 306 valence electrons. The molecule has 4 atom stereocenters. The quantitative estimate of drug-likeness (QED) is 0.0422. The van der Waals surface area contributed by atoms with E-state index in [9.17, 15) is 24.0 Å². The van der Waals surface area contributed by atoms with Gasteiger partial charge >= 0.3 is 0 Å². The minimum Gasteiger partial charge on any atom is -0.489 e. The first kappa shape index (κ1) is 43.8. The van der Waals surface area contributed by atoms with Gasteiger partial charge in [0.15, 0.2) is 5.96 Å². The summed E-state index contributed by atoms with van der Waals surface area (Å²) in [6.07, 6.45) is 6.11. The number of carbonyl (C=O) groups is 5. The first-order valence-electron chi connectivity index (χ1n) is 19.6. The number of benzene rings is 3. The zero-order valence-corrected chi connectivity index (χ0v) is 32.4. The highest BCUT2D eigenvalue weighted by Crippen LogP contribution is 2.27. The van der Waals surface area contributed by atoms with Crippen LogP contribution in [0.5, 0.6) is 5.75 Å². The molecule has 1 aliphatic carbocycles. The van der Waals surface area contributed by atoms with E-state index in [0.29, 0.717) is 49.3 Å². The van der Waals surface area contributed by atoms with Crippen LogP contribution in [0.3, 0.4) is 0 Å². The number of nitrogens with zero attached hydrogens (tertiary/aromatic N) is 1. The van der Waals surface area contributed by atoms with Crippen LogP contribution in [0.2, 0.25) is 0 Å². The van der Waals surface area contributed by atoms with Crippen molar-refractivity contribution < 1.29 is 28.7 Å². The second-order valence-corrected chi connectivity index (χ2v) is 14.3. The van der Waals surface area contributed by atoms with E-state index in [-0.39, 0.29) is 31.3 Å². The maximum atomic E-state index is 14.2.